The van der Waals surface area contributed by atoms with Gasteiger partial charge in [0.05, 0.1) is 0 Å². The van der Waals surface area contributed by atoms with Gasteiger partial charge in [-0.05, 0) is 68.2 Å². The molecule has 0 amide bonds. The third kappa shape index (κ3) is 5.92. The smallest absolute Gasteiger partial charge is 0.159 e. The van der Waals surface area contributed by atoms with Crippen LogP contribution in [-0.4, -0.2) is 4.55 Å². The minimum Gasteiger partial charge on any atom is -0.606 e. The molecule has 0 radical (unpaired) electrons. The molecular formula is C28H42OS. The van der Waals surface area contributed by atoms with Crippen molar-refractivity contribution in [2.75, 3.05) is 0 Å². The lowest BCUT2D eigenvalue weighted by atomic mass is 9.81. The van der Waals surface area contributed by atoms with Gasteiger partial charge in [-0.2, -0.15) is 0 Å². The number of rotatable bonds is 2. The Bertz CT molecular complexity index is 756. The fraction of sp³-hybridized carbons (Fsp3) is 0.571. The Hall–Kier alpha value is -1.25. The normalized spacial score (nSPS) is 13.8. The molecule has 0 saturated heterocycles. The van der Waals surface area contributed by atoms with Gasteiger partial charge < -0.3 is 4.55 Å². The molecular weight excluding hydrogens is 384 g/mol. The van der Waals surface area contributed by atoms with Gasteiger partial charge in [-0.1, -0.05) is 95.2 Å². The van der Waals surface area contributed by atoms with Crippen molar-refractivity contribution >= 4 is 11.2 Å². The second-order valence-corrected chi connectivity index (χ2v) is 14.2. The monoisotopic (exact) mass is 426 g/mol. The first-order valence-electron chi connectivity index (χ1n) is 11.0. The van der Waals surface area contributed by atoms with E-state index in [0.29, 0.717) is 0 Å². The number of benzene rings is 2. The largest absolute Gasteiger partial charge is 0.606 e. The predicted octanol–water partition coefficient (Wildman–Crippen LogP) is 8.04. The van der Waals surface area contributed by atoms with E-state index < -0.39 is 11.2 Å². The van der Waals surface area contributed by atoms with Crippen LogP contribution in [0.5, 0.6) is 0 Å². The molecule has 0 saturated carbocycles. The minimum absolute atomic E-state index is 0.00401. The Morgan fingerprint density at radius 2 is 0.633 bits per heavy atom. The fourth-order valence-electron chi connectivity index (χ4n) is 3.28. The molecule has 0 aliphatic carbocycles. The molecule has 0 fully saturated rings. The maximum absolute atomic E-state index is 13.9. The van der Waals surface area contributed by atoms with Gasteiger partial charge in [0.1, 0.15) is 0 Å². The van der Waals surface area contributed by atoms with Crippen LogP contribution in [0, 0.1) is 0 Å². The Labute approximate surface area is 188 Å². The van der Waals surface area contributed by atoms with Gasteiger partial charge >= 0.3 is 0 Å². The van der Waals surface area contributed by atoms with Crippen molar-refractivity contribution in [1.82, 2.24) is 0 Å². The first-order valence-corrected chi connectivity index (χ1v) is 12.2. The van der Waals surface area contributed by atoms with Crippen LogP contribution in [0.4, 0.5) is 0 Å². The molecule has 0 aliphatic rings. The molecule has 0 atom stereocenters. The van der Waals surface area contributed by atoms with E-state index in [1.54, 1.807) is 0 Å². The Morgan fingerprint density at radius 3 is 0.800 bits per heavy atom. The van der Waals surface area contributed by atoms with Gasteiger partial charge in [0.15, 0.2) is 9.79 Å². The highest BCUT2D eigenvalue weighted by Gasteiger charge is 2.28. The molecule has 0 heterocycles. The van der Waals surface area contributed by atoms with Crippen LogP contribution in [0.2, 0.25) is 0 Å². The van der Waals surface area contributed by atoms with E-state index in [1.165, 1.54) is 22.3 Å². The van der Waals surface area contributed by atoms with Gasteiger partial charge in [-0.15, -0.1) is 0 Å². The Balaban J connectivity index is 2.72. The molecule has 1 nitrogen and oxygen atoms in total. The van der Waals surface area contributed by atoms with Gasteiger partial charge in [-0.3, -0.25) is 0 Å². The van der Waals surface area contributed by atoms with Crippen LogP contribution in [-0.2, 0) is 32.8 Å². The van der Waals surface area contributed by atoms with Crippen molar-refractivity contribution < 1.29 is 4.55 Å². The molecule has 0 aromatic heterocycles. The second-order valence-electron chi connectivity index (χ2n) is 12.8. The zero-order valence-corrected chi connectivity index (χ0v) is 22.1. The van der Waals surface area contributed by atoms with Crippen molar-refractivity contribution in [1.29, 1.82) is 0 Å². The van der Waals surface area contributed by atoms with Gasteiger partial charge in [-0.25, -0.2) is 0 Å². The van der Waals surface area contributed by atoms with Crippen LogP contribution < -0.4 is 0 Å². The summed E-state index contributed by atoms with van der Waals surface area (Å²) >= 11 is -1.23. The van der Waals surface area contributed by atoms with Crippen LogP contribution in [0.25, 0.3) is 0 Å². The molecule has 2 aromatic rings. The van der Waals surface area contributed by atoms with Crippen LogP contribution in [0.1, 0.15) is 105 Å². The molecule has 2 heteroatoms. The summed E-state index contributed by atoms with van der Waals surface area (Å²) < 4.78 is 13.9. The molecule has 2 rings (SSSR count). The van der Waals surface area contributed by atoms with Crippen LogP contribution in [0.3, 0.4) is 0 Å². The molecule has 30 heavy (non-hydrogen) atoms. The lowest BCUT2D eigenvalue weighted by molar-refractivity contribution is 0.559. The van der Waals surface area contributed by atoms with E-state index in [9.17, 15) is 4.55 Å². The predicted molar refractivity (Wildman–Crippen MR) is 132 cm³/mol. The summed E-state index contributed by atoms with van der Waals surface area (Å²) in [6.07, 6.45) is 0. The third-order valence-electron chi connectivity index (χ3n) is 5.71. The average molecular weight is 427 g/mol. The summed E-state index contributed by atoms with van der Waals surface area (Å²) in [6, 6.07) is 13.1. The van der Waals surface area contributed by atoms with E-state index >= 15 is 0 Å². The van der Waals surface area contributed by atoms with E-state index in [0.717, 1.165) is 9.79 Å². The molecule has 0 N–H and O–H groups in total. The number of hydrogen-bond acceptors (Lipinski definition) is 1. The zero-order chi connectivity index (χ0) is 23.3. The van der Waals surface area contributed by atoms with Crippen molar-refractivity contribution in [3.05, 3.63) is 58.7 Å². The summed E-state index contributed by atoms with van der Waals surface area (Å²) in [5.74, 6) is 0. The molecule has 2 aromatic carbocycles. The van der Waals surface area contributed by atoms with E-state index in [2.05, 4.69) is 119 Å². The highest BCUT2D eigenvalue weighted by Crippen LogP contribution is 2.36. The second kappa shape index (κ2) is 8.02. The topological polar surface area (TPSA) is 23.1 Å². The summed E-state index contributed by atoms with van der Waals surface area (Å²) in [4.78, 5) is 1.80. The maximum Gasteiger partial charge on any atom is 0.159 e. The van der Waals surface area contributed by atoms with Gasteiger partial charge in [0.2, 0.25) is 0 Å². The SMILES string of the molecule is CC(C)(C)c1cc([S+]([O-])c2cc(C(C)(C)C)cc(C(C)(C)C)c2)cc(C(C)(C)C)c1. The van der Waals surface area contributed by atoms with E-state index in [1.807, 2.05) is 0 Å². The van der Waals surface area contributed by atoms with Crippen molar-refractivity contribution in [3.8, 4) is 0 Å². The summed E-state index contributed by atoms with van der Waals surface area (Å²) in [6.45, 7) is 26.7. The quantitative estimate of drug-likeness (QED) is 0.445. The van der Waals surface area contributed by atoms with E-state index in [4.69, 9.17) is 0 Å². The lowest BCUT2D eigenvalue weighted by Crippen LogP contribution is -2.19. The molecule has 0 spiro atoms. The van der Waals surface area contributed by atoms with Crippen molar-refractivity contribution in [2.45, 2.75) is 115 Å². The first-order chi connectivity index (χ1) is 13.3. The molecule has 0 unspecified atom stereocenters. The Kier molecular flexibility index (Phi) is 6.69. The Morgan fingerprint density at radius 1 is 0.433 bits per heavy atom. The van der Waals surface area contributed by atoms with E-state index in [-0.39, 0.29) is 21.7 Å². The van der Waals surface area contributed by atoms with Crippen LogP contribution in [0.15, 0.2) is 46.2 Å². The standard InChI is InChI=1S/C28H42OS/c1-25(2,3)19-13-20(26(4,5)6)16-23(15-19)30(29)24-17-21(27(7,8)9)14-22(18-24)28(10,11)12/h13-18H,1-12H3. The minimum atomic E-state index is -1.23. The molecule has 166 valence electrons. The maximum atomic E-state index is 13.9. The van der Waals surface area contributed by atoms with Gasteiger partial charge in [0, 0.05) is 11.2 Å². The lowest BCUT2D eigenvalue weighted by Gasteiger charge is -2.28. The average Bonchev–Trinajstić information content (AvgIpc) is 2.57. The fourth-order valence-corrected chi connectivity index (χ4v) is 4.49. The highest BCUT2D eigenvalue weighted by molar-refractivity contribution is 7.91. The third-order valence-corrected chi connectivity index (χ3v) is 7.03. The summed E-state index contributed by atoms with van der Waals surface area (Å²) in [7, 11) is 0. The van der Waals surface area contributed by atoms with Crippen molar-refractivity contribution in [3.63, 3.8) is 0 Å². The molecule has 0 bridgehead atoms. The van der Waals surface area contributed by atoms with Gasteiger partial charge in [0.25, 0.3) is 0 Å². The highest BCUT2D eigenvalue weighted by atomic mass is 32.2. The number of hydrogen-bond donors (Lipinski definition) is 0. The summed E-state index contributed by atoms with van der Waals surface area (Å²) in [5.41, 5.74) is 4.97. The zero-order valence-electron chi connectivity index (χ0n) is 21.3. The summed E-state index contributed by atoms with van der Waals surface area (Å²) in [5, 5.41) is 0. The van der Waals surface area contributed by atoms with Crippen LogP contribution >= 0.6 is 0 Å². The molecule has 0 aliphatic heterocycles. The first kappa shape index (κ1) is 25.0. The van der Waals surface area contributed by atoms with Crippen molar-refractivity contribution in [2.24, 2.45) is 0 Å².